The molecule has 200 valence electrons. The quantitative estimate of drug-likeness (QED) is 0.309. The maximum atomic E-state index is 13.9. The average Bonchev–Trinajstić information content (AvgIpc) is 3.26. The highest BCUT2D eigenvalue weighted by molar-refractivity contribution is 5.96. The summed E-state index contributed by atoms with van der Waals surface area (Å²) in [6.07, 6.45) is 1.13. The molecule has 2 aliphatic heterocycles. The Balaban J connectivity index is 1.58. The summed E-state index contributed by atoms with van der Waals surface area (Å²) in [7, 11) is 0. The summed E-state index contributed by atoms with van der Waals surface area (Å²) < 4.78 is 55.9. The molecule has 0 spiro atoms. The van der Waals surface area contributed by atoms with E-state index in [2.05, 4.69) is 25.9 Å². The third-order valence-electron chi connectivity index (χ3n) is 7.21. The minimum absolute atomic E-state index is 0.122. The maximum Gasteiger partial charge on any atom is 0.419 e. The Hall–Kier alpha value is -3.34. The van der Waals surface area contributed by atoms with E-state index in [1.165, 1.54) is 18.7 Å². The fourth-order valence-electron chi connectivity index (χ4n) is 4.83. The first kappa shape index (κ1) is 26.7. The maximum absolute atomic E-state index is 13.9. The number of halogens is 4. The highest BCUT2D eigenvalue weighted by Crippen LogP contribution is 2.36. The number of aliphatic imine (C=N–C) groups is 1. The van der Waals surface area contributed by atoms with Crippen molar-refractivity contribution in [3.05, 3.63) is 65.8 Å². The van der Waals surface area contributed by atoms with Gasteiger partial charge < -0.3 is 25.8 Å². The summed E-state index contributed by atoms with van der Waals surface area (Å²) in [5, 5.41) is 0. The summed E-state index contributed by atoms with van der Waals surface area (Å²) in [5.74, 6) is -0.103. The summed E-state index contributed by atoms with van der Waals surface area (Å²) in [6, 6.07) is 3.05. The topological polar surface area (TPSA) is 88.7 Å². The number of piperidine rings is 1. The zero-order valence-electron chi connectivity index (χ0n) is 20.9. The van der Waals surface area contributed by atoms with Crippen molar-refractivity contribution in [2.24, 2.45) is 16.5 Å². The molecule has 2 fully saturated rings. The van der Waals surface area contributed by atoms with Gasteiger partial charge in [0.05, 0.1) is 17.0 Å². The molecule has 2 aliphatic rings. The zero-order chi connectivity index (χ0) is 26.7. The molecule has 0 atom stereocenters. The van der Waals surface area contributed by atoms with Gasteiger partial charge in [-0.25, -0.2) is 14.4 Å². The molecule has 4 rings (SSSR count). The van der Waals surface area contributed by atoms with Crippen molar-refractivity contribution in [2.45, 2.75) is 44.8 Å². The van der Waals surface area contributed by atoms with Crippen LogP contribution in [0.2, 0.25) is 0 Å². The first-order chi connectivity index (χ1) is 17.6. The van der Waals surface area contributed by atoms with E-state index < -0.39 is 17.6 Å². The van der Waals surface area contributed by atoms with Crippen molar-refractivity contribution in [1.29, 1.82) is 0 Å². The highest BCUT2D eigenvalue weighted by atomic mass is 19.4. The molecule has 0 radical (unpaired) electrons. The Kier molecular flexibility index (Phi) is 7.91. The monoisotopic (exact) mass is 519 g/mol. The van der Waals surface area contributed by atoms with E-state index in [-0.39, 0.29) is 17.3 Å². The van der Waals surface area contributed by atoms with Crippen molar-refractivity contribution in [3.8, 4) is 11.3 Å². The molecule has 4 N–H and O–H groups in total. The van der Waals surface area contributed by atoms with Crippen molar-refractivity contribution in [3.63, 3.8) is 0 Å². The smallest absolute Gasteiger partial charge is 0.394 e. The number of imidazole rings is 1. The summed E-state index contributed by atoms with van der Waals surface area (Å²) in [6.45, 7) is 10.5. The Morgan fingerprint density at radius 2 is 1.86 bits per heavy atom. The van der Waals surface area contributed by atoms with Crippen LogP contribution in [0, 0.1) is 5.82 Å². The third-order valence-corrected chi connectivity index (χ3v) is 7.21. The van der Waals surface area contributed by atoms with E-state index >= 15 is 0 Å². The minimum atomic E-state index is -4.77. The van der Waals surface area contributed by atoms with Crippen molar-refractivity contribution < 1.29 is 17.6 Å². The molecule has 7 nitrogen and oxygen atoms in total. The van der Waals surface area contributed by atoms with Gasteiger partial charge in [0.2, 0.25) is 0 Å². The van der Waals surface area contributed by atoms with Crippen LogP contribution >= 0.6 is 0 Å². The van der Waals surface area contributed by atoms with E-state index in [1.807, 2.05) is 6.92 Å². The number of hydrogen-bond donors (Lipinski definition) is 2. The fourth-order valence-corrected chi connectivity index (χ4v) is 4.83. The first-order valence-corrected chi connectivity index (χ1v) is 12.4. The molecule has 0 amide bonds. The van der Waals surface area contributed by atoms with Gasteiger partial charge in [-0.3, -0.25) is 0 Å². The van der Waals surface area contributed by atoms with Gasteiger partial charge in [-0.2, -0.15) is 13.2 Å². The predicted octanol–water partition coefficient (Wildman–Crippen LogP) is 4.28. The standard InChI is InChI=1S/C26H33F4N7/c1-3-33-24(32)23(31)17(2)36-11-7-18(8-12-36)25-34-22(16-37(25)14-13-35-9-4-10-35)19-5-6-21(27)20(15-19)26(28,29)30/h3,5-6,15-16,18H,1,4,7-14,31H2,2H3,(H2,32,33)/b23-17-. The van der Waals surface area contributed by atoms with E-state index in [1.54, 1.807) is 6.20 Å². The van der Waals surface area contributed by atoms with Crippen molar-refractivity contribution in [2.75, 3.05) is 32.7 Å². The van der Waals surface area contributed by atoms with E-state index in [4.69, 9.17) is 16.5 Å². The lowest BCUT2D eigenvalue weighted by atomic mass is 9.95. The van der Waals surface area contributed by atoms with E-state index in [9.17, 15) is 17.6 Å². The first-order valence-electron chi connectivity index (χ1n) is 12.4. The van der Waals surface area contributed by atoms with Gasteiger partial charge in [0.1, 0.15) is 17.5 Å². The molecule has 0 aliphatic carbocycles. The minimum Gasteiger partial charge on any atom is -0.394 e. The van der Waals surface area contributed by atoms with Crippen LogP contribution in [0.1, 0.15) is 43.5 Å². The molecular formula is C26H33F4N7. The molecule has 0 unspecified atom stereocenters. The Labute approximate surface area is 214 Å². The van der Waals surface area contributed by atoms with Gasteiger partial charge in [-0.1, -0.05) is 6.58 Å². The summed E-state index contributed by atoms with van der Waals surface area (Å²) in [4.78, 5) is 13.2. The number of nitrogens with two attached hydrogens (primary N) is 2. The molecule has 0 saturated carbocycles. The number of allylic oxidation sites excluding steroid dienone is 1. The van der Waals surface area contributed by atoms with E-state index in [0.717, 1.165) is 69.2 Å². The number of aromatic nitrogens is 2. The number of benzene rings is 1. The van der Waals surface area contributed by atoms with Crippen LogP contribution in [0.5, 0.6) is 0 Å². The van der Waals surface area contributed by atoms with E-state index in [0.29, 0.717) is 17.9 Å². The second-order valence-electron chi connectivity index (χ2n) is 9.52. The van der Waals surface area contributed by atoms with Crippen LogP contribution in [-0.4, -0.2) is 57.9 Å². The molecule has 37 heavy (non-hydrogen) atoms. The van der Waals surface area contributed by atoms with Gasteiger partial charge in [0.25, 0.3) is 0 Å². The molecule has 2 aromatic rings. The van der Waals surface area contributed by atoms with Crippen LogP contribution in [0.3, 0.4) is 0 Å². The lowest BCUT2D eigenvalue weighted by Crippen LogP contribution is -2.39. The molecule has 1 aromatic carbocycles. The van der Waals surface area contributed by atoms with Crippen molar-refractivity contribution in [1.82, 2.24) is 19.4 Å². The third kappa shape index (κ3) is 5.98. The lowest BCUT2D eigenvalue weighted by molar-refractivity contribution is -0.139. The number of hydrogen-bond acceptors (Lipinski definition) is 5. The second kappa shape index (κ2) is 11.0. The number of rotatable bonds is 8. The predicted molar refractivity (Wildman–Crippen MR) is 136 cm³/mol. The fraction of sp³-hybridized carbons (Fsp3) is 0.462. The largest absolute Gasteiger partial charge is 0.419 e. The molecule has 0 bridgehead atoms. The normalized spacial score (nSPS) is 18.5. The molecular weight excluding hydrogens is 486 g/mol. The lowest BCUT2D eigenvalue weighted by Gasteiger charge is -2.35. The van der Waals surface area contributed by atoms with Crippen LogP contribution in [0.15, 0.2) is 53.6 Å². The van der Waals surface area contributed by atoms with Crippen LogP contribution in [0.25, 0.3) is 11.3 Å². The second-order valence-corrected chi connectivity index (χ2v) is 9.52. The van der Waals surface area contributed by atoms with Gasteiger partial charge in [0.15, 0.2) is 0 Å². The van der Waals surface area contributed by atoms with Gasteiger partial charge in [0, 0.05) is 55.8 Å². The zero-order valence-corrected chi connectivity index (χ0v) is 20.9. The van der Waals surface area contributed by atoms with Gasteiger partial charge >= 0.3 is 6.18 Å². The number of nitrogens with zero attached hydrogens (tertiary/aromatic N) is 5. The highest BCUT2D eigenvalue weighted by Gasteiger charge is 2.35. The Morgan fingerprint density at radius 3 is 2.46 bits per heavy atom. The summed E-state index contributed by atoms with van der Waals surface area (Å²) >= 11 is 0. The van der Waals surface area contributed by atoms with Crippen LogP contribution in [-0.2, 0) is 12.7 Å². The SMILES string of the molecule is C=C/N=C(N)\C(N)=C(/C)N1CCC(c2nc(-c3ccc(F)c(C(F)(F)F)c3)cn2CCN2CCC2)CC1. The average molecular weight is 520 g/mol. The molecule has 1 aromatic heterocycles. The molecule has 2 saturated heterocycles. The van der Waals surface area contributed by atoms with Crippen molar-refractivity contribution >= 4 is 5.84 Å². The number of alkyl halides is 3. The summed E-state index contributed by atoms with van der Waals surface area (Å²) in [5.41, 5.74) is 12.7. The number of likely N-dealkylation sites (tertiary alicyclic amines) is 2. The Morgan fingerprint density at radius 1 is 1.16 bits per heavy atom. The van der Waals surface area contributed by atoms with Gasteiger partial charge in [-0.15, -0.1) is 0 Å². The van der Waals surface area contributed by atoms with Gasteiger partial charge in [-0.05, 0) is 57.5 Å². The van der Waals surface area contributed by atoms with Crippen LogP contribution < -0.4 is 11.5 Å². The Bertz CT molecular complexity index is 1190. The van der Waals surface area contributed by atoms with Crippen LogP contribution in [0.4, 0.5) is 17.6 Å². The number of amidine groups is 1. The molecule has 3 heterocycles. The molecule has 11 heteroatoms.